The van der Waals surface area contributed by atoms with Crippen molar-refractivity contribution in [3.05, 3.63) is 42.1 Å². The first kappa shape index (κ1) is 15.9. The van der Waals surface area contributed by atoms with E-state index >= 15 is 0 Å². The molecule has 6 nitrogen and oxygen atoms in total. The number of rotatable bonds is 3. The van der Waals surface area contributed by atoms with Crippen molar-refractivity contribution in [3.8, 4) is 17.0 Å². The van der Waals surface area contributed by atoms with Crippen LogP contribution in [0.4, 0.5) is 5.95 Å². The van der Waals surface area contributed by atoms with Gasteiger partial charge in [-0.05, 0) is 63.2 Å². The van der Waals surface area contributed by atoms with Crippen LogP contribution in [0.15, 0.2) is 36.5 Å². The summed E-state index contributed by atoms with van der Waals surface area (Å²) in [5.74, 6) is 0.975. The number of nitrogens with zero attached hydrogens (tertiary/aromatic N) is 4. The second kappa shape index (κ2) is 6.37. The number of benzene rings is 1. The van der Waals surface area contributed by atoms with E-state index in [0.29, 0.717) is 17.3 Å². The molecule has 3 aromatic rings. The van der Waals surface area contributed by atoms with Gasteiger partial charge in [-0.1, -0.05) is 6.07 Å². The number of piperidine rings is 1. The molecule has 1 unspecified atom stereocenters. The van der Waals surface area contributed by atoms with Crippen LogP contribution in [-0.4, -0.2) is 50.8 Å². The quantitative estimate of drug-likeness (QED) is 0.769. The summed E-state index contributed by atoms with van der Waals surface area (Å²) < 4.78 is 2.01. The summed E-state index contributed by atoms with van der Waals surface area (Å²) in [4.78, 5) is 2.33. The Balaban J connectivity index is 1.71. The monoisotopic (exact) mass is 337 g/mol. The number of aryl methyl sites for hydroxylation is 1. The van der Waals surface area contributed by atoms with Gasteiger partial charge in [-0.15, -0.1) is 10.2 Å². The van der Waals surface area contributed by atoms with Crippen LogP contribution in [0.3, 0.4) is 0 Å². The van der Waals surface area contributed by atoms with Gasteiger partial charge in [-0.3, -0.25) is 4.40 Å². The zero-order valence-corrected chi connectivity index (χ0v) is 14.6. The number of hydrogen-bond donors (Lipinski definition) is 2. The molecule has 4 rings (SSSR count). The first-order chi connectivity index (χ1) is 12.1. The molecule has 0 bridgehead atoms. The lowest BCUT2D eigenvalue weighted by Gasteiger charge is -2.30. The molecule has 1 aromatic carbocycles. The van der Waals surface area contributed by atoms with Crippen LogP contribution in [-0.2, 0) is 0 Å². The van der Waals surface area contributed by atoms with Gasteiger partial charge in [-0.25, -0.2) is 0 Å². The number of aromatic hydroxyl groups is 1. The van der Waals surface area contributed by atoms with Crippen LogP contribution in [0.25, 0.3) is 16.8 Å². The van der Waals surface area contributed by atoms with E-state index in [2.05, 4.69) is 27.5 Å². The molecule has 2 N–H and O–H groups in total. The fourth-order valence-corrected chi connectivity index (χ4v) is 3.55. The number of phenols is 1. The molecule has 2 aromatic heterocycles. The molecule has 130 valence electrons. The highest BCUT2D eigenvalue weighted by atomic mass is 16.3. The smallest absolute Gasteiger partial charge is 0.228 e. The molecule has 3 heterocycles. The Hall–Kier alpha value is -2.60. The third kappa shape index (κ3) is 3.05. The van der Waals surface area contributed by atoms with Crippen molar-refractivity contribution < 1.29 is 5.11 Å². The van der Waals surface area contributed by atoms with Gasteiger partial charge in [0.1, 0.15) is 11.4 Å². The average molecular weight is 337 g/mol. The molecule has 1 fully saturated rings. The number of nitrogens with one attached hydrogen (secondary N) is 1. The minimum absolute atomic E-state index is 0.229. The lowest BCUT2D eigenvalue weighted by molar-refractivity contribution is 0.260. The van der Waals surface area contributed by atoms with Crippen molar-refractivity contribution in [1.82, 2.24) is 19.5 Å². The lowest BCUT2D eigenvalue weighted by Crippen LogP contribution is -2.40. The fourth-order valence-electron chi connectivity index (χ4n) is 3.55. The first-order valence-corrected chi connectivity index (χ1v) is 8.70. The standard InChI is InChI=1S/C19H23N5O/c1-13-7-8-15(17(25)11-13)18-16-6-4-10-24(16)19(22-21-18)20-14-5-3-9-23(2)12-14/h4,6-8,10-11,14,25H,3,5,9,12H2,1-2H3,(H,20,22). The maximum atomic E-state index is 10.3. The van der Waals surface area contributed by atoms with E-state index in [0.717, 1.165) is 36.5 Å². The van der Waals surface area contributed by atoms with Gasteiger partial charge in [0.2, 0.25) is 5.95 Å². The van der Waals surface area contributed by atoms with Crippen molar-refractivity contribution in [2.24, 2.45) is 0 Å². The summed E-state index contributed by atoms with van der Waals surface area (Å²) in [6.45, 7) is 4.11. The van der Waals surface area contributed by atoms with Crippen LogP contribution in [0.1, 0.15) is 18.4 Å². The third-order valence-corrected chi connectivity index (χ3v) is 4.83. The summed E-state index contributed by atoms with van der Waals surface area (Å²) in [5.41, 5.74) is 3.33. The van der Waals surface area contributed by atoms with E-state index in [-0.39, 0.29) is 5.75 Å². The SMILES string of the molecule is Cc1ccc(-c2nnc(NC3CCCN(C)C3)n3cccc23)c(O)c1. The molecule has 0 amide bonds. The van der Waals surface area contributed by atoms with Crippen LogP contribution in [0.2, 0.25) is 0 Å². The molecule has 0 saturated carbocycles. The number of fused-ring (bicyclic) bond motifs is 1. The fraction of sp³-hybridized carbons (Fsp3) is 0.368. The van der Waals surface area contributed by atoms with Gasteiger partial charge in [0.25, 0.3) is 0 Å². The largest absolute Gasteiger partial charge is 0.507 e. The van der Waals surface area contributed by atoms with Crippen molar-refractivity contribution in [3.63, 3.8) is 0 Å². The highest BCUT2D eigenvalue weighted by Gasteiger charge is 2.20. The number of anilines is 1. The predicted molar refractivity (Wildman–Crippen MR) is 99.0 cm³/mol. The van der Waals surface area contributed by atoms with Crippen LogP contribution < -0.4 is 5.32 Å². The zero-order valence-electron chi connectivity index (χ0n) is 14.6. The van der Waals surface area contributed by atoms with Crippen LogP contribution in [0.5, 0.6) is 5.75 Å². The maximum Gasteiger partial charge on any atom is 0.228 e. The Bertz CT molecular complexity index is 904. The highest BCUT2D eigenvalue weighted by molar-refractivity contribution is 5.81. The van der Waals surface area contributed by atoms with Crippen molar-refractivity contribution in [1.29, 1.82) is 0 Å². The van der Waals surface area contributed by atoms with E-state index in [4.69, 9.17) is 0 Å². The minimum atomic E-state index is 0.229. The topological polar surface area (TPSA) is 65.7 Å². The molecule has 25 heavy (non-hydrogen) atoms. The first-order valence-electron chi connectivity index (χ1n) is 8.70. The second-order valence-corrected chi connectivity index (χ2v) is 6.90. The van der Waals surface area contributed by atoms with Crippen molar-refractivity contribution in [2.45, 2.75) is 25.8 Å². The summed E-state index contributed by atoms with van der Waals surface area (Å²) >= 11 is 0. The summed E-state index contributed by atoms with van der Waals surface area (Å²) in [5, 5.41) is 22.7. The number of likely N-dealkylation sites (N-methyl/N-ethyl adjacent to an activating group) is 1. The Morgan fingerprint density at radius 3 is 2.92 bits per heavy atom. The number of phenolic OH excluding ortho intramolecular Hbond substituents is 1. The molecule has 1 atom stereocenters. The van der Waals surface area contributed by atoms with E-state index in [1.165, 1.54) is 6.42 Å². The van der Waals surface area contributed by atoms with Gasteiger partial charge in [0.05, 0.1) is 5.52 Å². The van der Waals surface area contributed by atoms with E-state index in [1.807, 2.05) is 41.8 Å². The van der Waals surface area contributed by atoms with Crippen LogP contribution in [0, 0.1) is 6.92 Å². The van der Waals surface area contributed by atoms with Gasteiger partial charge in [0.15, 0.2) is 0 Å². The Morgan fingerprint density at radius 1 is 1.24 bits per heavy atom. The van der Waals surface area contributed by atoms with Gasteiger partial charge in [-0.2, -0.15) is 0 Å². The Labute approximate surface area is 147 Å². The summed E-state index contributed by atoms with van der Waals surface area (Å²) in [6.07, 6.45) is 4.30. The summed E-state index contributed by atoms with van der Waals surface area (Å²) in [7, 11) is 2.15. The van der Waals surface area contributed by atoms with E-state index in [1.54, 1.807) is 6.07 Å². The molecule has 1 aliphatic heterocycles. The number of hydrogen-bond acceptors (Lipinski definition) is 5. The molecule has 1 aliphatic rings. The molecular weight excluding hydrogens is 314 g/mol. The maximum absolute atomic E-state index is 10.3. The van der Waals surface area contributed by atoms with Gasteiger partial charge >= 0.3 is 0 Å². The van der Waals surface area contributed by atoms with Gasteiger partial charge in [0, 0.05) is 24.3 Å². The van der Waals surface area contributed by atoms with Gasteiger partial charge < -0.3 is 15.3 Å². The third-order valence-electron chi connectivity index (χ3n) is 4.83. The second-order valence-electron chi connectivity index (χ2n) is 6.90. The van der Waals surface area contributed by atoms with E-state index < -0.39 is 0 Å². The molecule has 0 spiro atoms. The molecule has 0 aliphatic carbocycles. The minimum Gasteiger partial charge on any atom is -0.507 e. The molecular formula is C19H23N5O. The Kier molecular flexibility index (Phi) is 4.05. The zero-order chi connectivity index (χ0) is 17.4. The normalized spacial score (nSPS) is 18.6. The van der Waals surface area contributed by atoms with E-state index in [9.17, 15) is 5.11 Å². The summed E-state index contributed by atoms with van der Waals surface area (Å²) in [6, 6.07) is 9.97. The Morgan fingerprint density at radius 2 is 2.12 bits per heavy atom. The van der Waals surface area contributed by atoms with Crippen LogP contribution >= 0.6 is 0 Å². The van der Waals surface area contributed by atoms with Crippen molar-refractivity contribution >= 4 is 11.5 Å². The van der Waals surface area contributed by atoms with Crippen molar-refractivity contribution in [2.75, 3.05) is 25.5 Å². The molecule has 1 saturated heterocycles. The lowest BCUT2D eigenvalue weighted by atomic mass is 10.1. The number of aromatic nitrogens is 3. The molecule has 6 heteroatoms. The predicted octanol–water partition coefficient (Wildman–Crippen LogP) is 2.92. The average Bonchev–Trinajstić information content (AvgIpc) is 3.06. The highest BCUT2D eigenvalue weighted by Crippen LogP contribution is 2.32. The number of likely N-dealkylation sites (tertiary alicyclic amines) is 1. The molecule has 0 radical (unpaired) electrons.